The molecule has 1 aliphatic heterocycles. The summed E-state index contributed by atoms with van der Waals surface area (Å²) in [6.45, 7) is 5.88. The molecule has 108 valence electrons. The van der Waals surface area contributed by atoms with Crippen LogP contribution in [0, 0.1) is 0 Å². The van der Waals surface area contributed by atoms with Crippen LogP contribution in [-0.4, -0.2) is 47.9 Å². The highest BCUT2D eigenvalue weighted by molar-refractivity contribution is 8.00. The number of aliphatic hydroxyl groups is 1. The lowest BCUT2D eigenvalue weighted by Gasteiger charge is -2.20. The average molecular weight is 280 g/mol. The molecule has 0 bridgehead atoms. The monoisotopic (exact) mass is 280 g/mol. The summed E-state index contributed by atoms with van der Waals surface area (Å²) in [5.74, 6) is 0. The summed E-state index contributed by atoms with van der Waals surface area (Å²) in [4.78, 5) is 0. The molecule has 5 heteroatoms. The third-order valence-electron chi connectivity index (χ3n) is 3.00. The second-order valence-corrected chi connectivity index (χ2v) is 5.99. The first-order chi connectivity index (χ1) is 8.70. The van der Waals surface area contributed by atoms with Crippen molar-refractivity contribution >= 4 is 11.8 Å². The summed E-state index contributed by atoms with van der Waals surface area (Å²) in [5, 5.41) is 9.46. The zero-order valence-electron chi connectivity index (χ0n) is 11.3. The lowest BCUT2D eigenvalue weighted by atomic mass is 10.1. The zero-order valence-corrected chi connectivity index (χ0v) is 12.1. The first kappa shape index (κ1) is 16.2. The van der Waals surface area contributed by atoms with E-state index in [0.717, 1.165) is 25.7 Å². The molecule has 1 aliphatic rings. The van der Waals surface area contributed by atoms with Crippen LogP contribution < -0.4 is 0 Å². The molecule has 0 saturated carbocycles. The van der Waals surface area contributed by atoms with Gasteiger partial charge in [-0.1, -0.05) is 26.7 Å². The van der Waals surface area contributed by atoms with E-state index in [1.165, 1.54) is 11.8 Å². The number of hydrogen-bond donors (Lipinski definition) is 1. The van der Waals surface area contributed by atoms with Crippen LogP contribution in [0.4, 0.5) is 4.39 Å². The van der Waals surface area contributed by atoms with E-state index in [0.29, 0.717) is 19.8 Å². The molecular weight excluding hydrogens is 255 g/mol. The van der Waals surface area contributed by atoms with E-state index >= 15 is 0 Å². The first-order valence-electron chi connectivity index (χ1n) is 6.87. The van der Waals surface area contributed by atoms with Gasteiger partial charge in [-0.3, -0.25) is 0 Å². The van der Waals surface area contributed by atoms with Crippen molar-refractivity contribution in [1.29, 1.82) is 0 Å². The SMILES string of the molecule is CCCCOC[C@H]1SC(O)[C@@H](F)[C@@H]1OCCCC. The molecule has 0 radical (unpaired) electrons. The fraction of sp³-hybridized carbons (Fsp3) is 1.00. The van der Waals surface area contributed by atoms with Gasteiger partial charge in [0.05, 0.1) is 11.9 Å². The second-order valence-electron chi connectivity index (χ2n) is 4.63. The molecule has 1 heterocycles. The molecule has 0 spiro atoms. The van der Waals surface area contributed by atoms with Crippen LogP contribution >= 0.6 is 11.8 Å². The van der Waals surface area contributed by atoms with Gasteiger partial charge in [0.1, 0.15) is 11.5 Å². The summed E-state index contributed by atoms with van der Waals surface area (Å²) in [5.41, 5.74) is -0.976. The first-order valence-corrected chi connectivity index (χ1v) is 7.81. The summed E-state index contributed by atoms with van der Waals surface area (Å²) in [6.07, 6.45) is 2.22. The summed E-state index contributed by atoms with van der Waals surface area (Å²) >= 11 is 1.23. The van der Waals surface area contributed by atoms with E-state index in [-0.39, 0.29) is 5.25 Å². The molecule has 1 fully saturated rings. The van der Waals surface area contributed by atoms with Crippen LogP contribution in [0.2, 0.25) is 0 Å². The lowest BCUT2D eigenvalue weighted by Crippen LogP contribution is -2.34. The van der Waals surface area contributed by atoms with Gasteiger partial charge in [-0.25, -0.2) is 4.39 Å². The fourth-order valence-electron chi connectivity index (χ4n) is 1.84. The predicted molar refractivity (Wildman–Crippen MR) is 72.7 cm³/mol. The van der Waals surface area contributed by atoms with Gasteiger partial charge in [-0.05, 0) is 12.8 Å². The Balaban J connectivity index is 2.32. The van der Waals surface area contributed by atoms with Crippen LogP contribution in [0.5, 0.6) is 0 Å². The molecule has 18 heavy (non-hydrogen) atoms. The Morgan fingerprint density at radius 3 is 2.50 bits per heavy atom. The van der Waals surface area contributed by atoms with Gasteiger partial charge in [0.25, 0.3) is 0 Å². The number of aliphatic hydroxyl groups excluding tert-OH is 1. The maximum atomic E-state index is 13.8. The van der Waals surface area contributed by atoms with Crippen molar-refractivity contribution in [3.8, 4) is 0 Å². The normalized spacial score (nSPS) is 32.0. The van der Waals surface area contributed by atoms with Crippen LogP contribution in [0.25, 0.3) is 0 Å². The number of thioether (sulfide) groups is 1. The van der Waals surface area contributed by atoms with Gasteiger partial charge >= 0.3 is 0 Å². The predicted octanol–water partition coefficient (Wildman–Crippen LogP) is 2.76. The van der Waals surface area contributed by atoms with Gasteiger partial charge in [0.2, 0.25) is 0 Å². The Morgan fingerprint density at radius 2 is 1.83 bits per heavy atom. The van der Waals surface area contributed by atoms with Crippen molar-refractivity contribution in [2.45, 2.75) is 62.5 Å². The number of hydrogen-bond acceptors (Lipinski definition) is 4. The number of ether oxygens (including phenoxy) is 2. The molecule has 0 amide bonds. The highest BCUT2D eigenvalue weighted by atomic mass is 32.2. The molecule has 0 aliphatic carbocycles. The number of halogens is 1. The van der Waals surface area contributed by atoms with E-state index < -0.39 is 17.7 Å². The molecule has 4 atom stereocenters. The Kier molecular flexibility index (Phi) is 8.22. The minimum atomic E-state index is -1.30. The van der Waals surface area contributed by atoms with Gasteiger partial charge in [-0.15, -0.1) is 11.8 Å². The van der Waals surface area contributed by atoms with Crippen molar-refractivity contribution in [2.75, 3.05) is 19.8 Å². The summed E-state index contributed by atoms with van der Waals surface area (Å²) in [6, 6.07) is 0. The van der Waals surface area contributed by atoms with E-state index in [9.17, 15) is 9.50 Å². The average Bonchev–Trinajstić information content (AvgIpc) is 2.63. The highest BCUT2D eigenvalue weighted by Crippen LogP contribution is 2.37. The smallest absolute Gasteiger partial charge is 0.162 e. The Bertz CT molecular complexity index is 218. The van der Waals surface area contributed by atoms with E-state index in [2.05, 4.69) is 13.8 Å². The van der Waals surface area contributed by atoms with E-state index in [1.54, 1.807) is 0 Å². The van der Waals surface area contributed by atoms with E-state index in [1.807, 2.05) is 0 Å². The molecule has 1 saturated heterocycles. The van der Waals surface area contributed by atoms with Crippen molar-refractivity contribution in [2.24, 2.45) is 0 Å². The third-order valence-corrected chi connectivity index (χ3v) is 4.29. The summed E-state index contributed by atoms with van der Waals surface area (Å²) < 4.78 is 24.9. The Morgan fingerprint density at radius 1 is 1.17 bits per heavy atom. The molecule has 0 aromatic rings. The molecule has 1 N–H and O–H groups in total. The quantitative estimate of drug-likeness (QED) is 0.659. The number of alkyl halides is 1. The summed E-state index contributed by atoms with van der Waals surface area (Å²) in [7, 11) is 0. The molecule has 1 unspecified atom stereocenters. The molecular formula is C13H25FO3S. The van der Waals surface area contributed by atoms with Gasteiger partial charge in [-0.2, -0.15) is 0 Å². The van der Waals surface area contributed by atoms with Gasteiger partial charge in [0, 0.05) is 13.2 Å². The van der Waals surface area contributed by atoms with E-state index in [4.69, 9.17) is 9.47 Å². The Hall–Kier alpha value is 0.160. The fourth-order valence-corrected chi connectivity index (χ4v) is 3.06. The van der Waals surface area contributed by atoms with Crippen LogP contribution in [0.15, 0.2) is 0 Å². The zero-order chi connectivity index (χ0) is 13.4. The van der Waals surface area contributed by atoms with Gasteiger partial charge in [0.15, 0.2) is 6.17 Å². The van der Waals surface area contributed by atoms with Crippen LogP contribution in [-0.2, 0) is 9.47 Å². The lowest BCUT2D eigenvalue weighted by molar-refractivity contribution is -0.0303. The maximum Gasteiger partial charge on any atom is 0.162 e. The topological polar surface area (TPSA) is 38.7 Å². The van der Waals surface area contributed by atoms with Crippen molar-refractivity contribution in [3.63, 3.8) is 0 Å². The largest absolute Gasteiger partial charge is 0.380 e. The number of unbranched alkanes of at least 4 members (excludes halogenated alkanes) is 2. The second kappa shape index (κ2) is 9.13. The number of rotatable bonds is 9. The van der Waals surface area contributed by atoms with Crippen LogP contribution in [0.1, 0.15) is 39.5 Å². The molecule has 0 aromatic heterocycles. The van der Waals surface area contributed by atoms with Gasteiger partial charge < -0.3 is 14.6 Å². The molecule has 3 nitrogen and oxygen atoms in total. The third kappa shape index (κ3) is 5.03. The Labute approximate surface area is 113 Å². The van der Waals surface area contributed by atoms with Crippen molar-refractivity contribution in [1.82, 2.24) is 0 Å². The van der Waals surface area contributed by atoms with Crippen molar-refractivity contribution < 1.29 is 19.0 Å². The molecule has 1 rings (SSSR count). The highest BCUT2D eigenvalue weighted by Gasteiger charge is 2.44. The maximum absolute atomic E-state index is 13.8. The van der Waals surface area contributed by atoms with Crippen molar-refractivity contribution in [3.05, 3.63) is 0 Å². The standard InChI is InChI=1S/C13H25FO3S/c1-3-5-7-16-9-10-12(17-8-6-4-2)11(14)13(15)18-10/h10-13,15H,3-9H2,1-2H3/t10-,11+,12-,13?/m1/s1. The molecule has 0 aromatic carbocycles. The van der Waals surface area contributed by atoms with Crippen LogP contribution in [0.3, 0.4) is 0 Å². The minimum absolute atomic E-state index is 0.0938. The minimum Gasteiger partial charge on any atom is -0.380 e.